The number of anilines is 2. The number of amides is 1. The van der Waals surface area contributed by atoms with E-state index in [2.05, 4.69) is 10.6 Å². The van der Waals surface area contributed by atoms with Gasteiger partial charge in [0.2, 0.25) is 10.0 Å². The van der Waals surface area contributed by atoms with Crippen LogP contribution in [-0.2, 0) is 19.6 Å². The fraction of sp³-hybridized carbons (Fsp3) is 0.176. The van der Waals surface area contributed by atoms with Crippen molar-refractivity contribution in [3.05, 3.63) is 58.1 Å². The number of nitro benzene ring substituents is 1. The van der Waals surface area contributed by atoms with Crippen LogP contribution in [0, 0.1) is 10.1 Å². The Hall–Kier alpha value is -3.51. The third-order valence-corrected chi connectivity index (χ3v) is 4.70. The number of nitrogens with one attached hydrogen (secondary N) is 2. The van der Waals surface area contributed by atoms with Gasteiger partial charge in [-0.25, -0.2) is 18.4 Å². The highest BCUT2D eigenvalue weighted by Gasteiger charge is 2.23. The number of sulfonamides is 1. The number of nitro groups is 1. The molecule has 0 saturated heterocycles. The minimum absolute atomic E-state index is 0.113. The van der Waals surface area contributed by atoms with Crippen molar-refractivity contribution >= 4 is 39.0 Å². The summed E-state index contributed by atoms with van der Waals surface area (Å²) in [5, 5.41) is 21.1. The van der Waals surface area contributed by atoms with Crippen molar-refractivity contribution in [2.75, 3.05) is 17.7 Å². The van der Waals surface area contributed by atoms with Crippen LogP contribution in [0.5, 0.6) is 0 Å². The van der Waals surface area contributed by atoms with E-state index >= 15 is 0 Å². The molecule has 2 aromatic carbocycles. The summed E-state index contributed by atoms with van der Waals surface area (Å²) in [6, 6.07) is 8.83. The van der Waals surface area contributed by atoms with Gasteiger partial charge in [-0.1, -0.05) is 6.07 Å². The summed E-state index contributed by atoms with van der Waals surface area (Å²) in [4.78, 5) is 34.7. The van der Waals surface area contributed by atoms with Gasteiger partial charge in [-0.05, 0) is 31.2 Å². The molecule has 2 aromatic rings. The first-order chi connectivity index (χ1) is 13.5. The molecule has 0 radical (unpaired) electrons. The summed E-state index contributed by atoms with van der Waals surface area (Å²) in [5.41, 5.74) is -0.00446. The zero-order chi connectivity index (χ0) is 21.8. The second kappa shape index (κ2) is 8.67. The van der Waals surface area contributed by atoms with Crippen molar-refractivity contribution in [1.82, 2.24) is 0 Å². The van der Waals surface area contributed by atoms with Crippen LogP contribution in [0.2, 0.25) is 0 Å². The van der Waals surface area contributed by atoms with Crippen LogP contribution in [-0.4, -0.2) is 38.4 Å². The molecule has 0 spiro atoms. The average molecular weight is 422 g/mol. The Morgan fingerprint density at radius 1 is 1.21 bits per heavy atom. The number of non-ortho nitro benzene ring substituents is 1. The smallest absolute Gasteiger partial charge is 0.341 e. The van der Waals surface area contributed by atoms with Gasteiger partial charge in [0.05, 0.1) is 15.4 Å². The summed E-state index contributed by atoms with van der Waals surface area (Å²) in [6.45, 7) is 1.30. The highest BCUT2D eigenvalue weighted by atomic mass is 32.2. The van der Waals surface area contributed by atoms with Crippen LogP contribution >= 0.6 is 0 Å². The Labute approximate surface area is 166 Å². The topological polar surface area (TPSA) is 171 Å². The van der Waals surface area contributed by atoms with Gasteiger partial charge in [0, 0.05) is 30.6 Å². The van der Waals surface area contributed by atoms with E-state index in [-0.39, 0.29) is 27.5 Å². The van der Waals surface area contributed by atoms with Gasteiger partial charge < -0.3 is 15.4 Å². The number of nitrogens with two attached hydrogens (primary N) is 1. The molecule has 4 N–H and O–H groups in total. The molecular weight excluding hydrogens is 404 g/mol. The van der Waals surface area contributed by atoms with Gasteiger partial charge in [0.1, 0.15) is 0 Å². The van der Waals surface area contributed by atoms with E-state index in [0.717, 1.165) is 12.1 Å². The molecule has 0 aromatic heterocycles. The van der Waals surface area contributed by atoms with E-state index in [9.17, 15) is 28.1 Å². The number of hydrogen-bond donors (Lipinski definition) is 3. The molecule has 1 atom stereocenters. The van der Waals surface area contributed by atoms with Crippen molar-refractivity contribution in [1.29, 1.82) is 0 Å². The van der Waals surface area contributed by atoms with Crippen LogP contribution in [0.1, 0.15) is 17.3 Å². The van der Waals surface area contributed by atoms with Gasteiger partial charge in [-0.2, -0.15) is 0 Å². The van der Waals surface area contributed by atoms with E-state index in [1.54, 1.807) is 0 Å². The minimum atomic E-state index is -3.95. The largest absolute Gasteiger partial charge is 0.449 e. The maximum atomic E-state index is 12.4. The van der Waals surface area contributed by atoms with Gasteiger partial charge >= 0.3 is 5.97 Å². The van der Waals surface area contributed by atoms with Crippen LogP contribution in [0.15, 0.2) is 47.4 Å². The Morgan fingerprint density at radius 2 is 1.90 bits per heavy atom. The lowest BCUT2D eigenvalue weighted by atomic mass is 10.1. The first kappa shape index (κ1) is 21.8. The van der Waals surface area contributed by atoms with E-state index in [1.165, 1.54) is 44.3 Å². The van der Waals surface area contributed by atoms with Crippen LogP contribution in [0.25, 0.3) is 0 Å². The highest BCUT2D eigenvalue weighted by molar-refractivity contribution is 7.89. The second-order valence-corrected chi connectivity index (χ2v) is 7.41. The molecular formula is C17H18N4O7S. The number of carbonyl (C=O) groups is 2. The fourth-order valence-corrected chi connectivity index (χ4v) is 2.86. The molecule has 0 aliphatic heterocycles. The average Bonchev–Trinajstić information content (AvgIpc) is 2.66. The van der Waals surface area contributed by atoms with Crippen molar-refractivity contribution in [2.45, 2.75) is 17.9 Å². The summed E-state index contributed by atoms with van der Waals surface area (Å²) < 4.78 is 27.9. The Bertz CT molecular complexity index is 1070. The lowest BCUT2D eigenvalue weighted by molar-refractivity contribution is -0.384. The summed E-state index contributed by atoms with van der Waals surface area (Å²) >= 11 is 0. The molecule has 1 amide bonds. The first-order valence-corrected chi connectivity index (χ1v) is 9.68. The minimum Gasteiger partial charge on any atom is -0.449 e. The third-order valence-electron chi connectivity index (χ3n) is 3.79. The highest BCUT2D eigenvalue weighted by Crippen LogP contribution is 2.23. The predicted octanol–water partition coefficient (Wildman–Crippen LogP) is 1.47. The number of benzene rings is 2. The molecule has 0 bridgehead atoms. The molecule has 0 saturated carbocycles. The molecule has 0 aliphatic carbocycles. The number of hydrogen-bond acceptors (Lipinski definition) is 8. The Kier molecular flexibility index (Phi) is 6.51. The molecule has 11 nitrogen and oxygen atoms in total. The molecule has 0 fully saturated rings. The lowest BCUT2D eigenvalue weighted by Crippen LogP contribution is -2.30. The van der Waals surface area contributed by atoms with Crippen molar-refractivity contribution in [3.63, 3.8) is 0 Å². The van der Waals surface area contributed by atoms with Crippen LogP contribution in [0.4, 0.5) is 17.1 Å². The quantitative estimate of drug-likeness (QED) is 0.342. The SMILES string of the molecule is CNc1ccc([N+](=O)[O-])cc1C(=O)OC(C)C(=O)Nc1cccc(S(N)(=O)=O)c1. The van der Waals surface area contributed by atoms with E-state index < -0.39 is 32.9 Å². The Morgan fingerprint density at radius 3 is 2.48 bits per heavy atom. The maximum absolute atomic E-state index is 12.4. The second-order valence-electron chi connectivity index (χ2n) is 5.85. The summed E-state index contributed by atoms with van der Waals surface area (Å²) in [5.74, 6) is -1.68. The molecule has 154 valence electrons. The lowest BCUT2D eigenvalue weighted by Gasteiger charge is -2.15. The number of rotatable bonds is 7. The summed E-state index contributed by atoms with van der Waals surface area (Å²) in [7, 11) is -2.43. The Balaban J connectivity index is 2.15. The third kappa shape index (κ3) is 5.49. The zero-order valence-electron chi connectivity index (χ0n) is 15.4. The first-order valence-electron chi connectivity index (χ1n) is 8.14. The fourth-order valence-electron chi connectivity index (χ4n) is 2.30. The van der Waals surface area contributed by atoms with Crippen molar-refractivity contribution in [3.8, 4) is 0 Å². The van der Waals surface area contributed by atoms with E-state index in [1.807, 2.05) is 0 Å². The molecule has 0 aliphatic rings. The molecule has 0 heterocycles. The van der Waals surface area contributed by atoms with Gasteiger partial charge in [-0.3, -0.25) is 14.9 Å². The van der Waals surface area contributed by atoms with E-state index in [4.69, 9.17) is 9.88 Å². The maximum Gasteiger partial charge on any atom is 0.341 e. The van der Waals surface area contributed by atoms with Gasteiger partial charge in [-0.15, -0.1) is 0 Å². The summed E-state index contributed by atoms with van der Waals surface area (Å²) in [6.07, 6.45) is -1.27. The van der Waals surface area contributed by atoms with Crippen LogP contribution < -0.4 is 15.8 Å². The van der Waals surface area contributed by atoms with Gasteiger partial charge in [0.15, 0.2) is 6.10 Å². The van der Waals surface area contributed by atoms with Crippen molar-refractivity contribution in [2.24, 2.45) is 5.14 Å². The number of primary sulfonamides is 1. The van der Waals surface area contributed by atoms with Crippen molar-refractivity contribution < 1.29 is 27.7 Å². The number of nitrogens with zero attached hydrogens (tertiary/aromatic N) is 1. The molecule has 12 heteroatoms. The number of ether oxygens (including phenoxy) is 1. The molecule has 29 heavy (non-hydrogen) atoms. The zero-order valence-corrected chi connectivity index (χ0v) is 16.2. The standard InChI is InChI=1S/C17H18N4O7S/c1-10(16(22)20-11-4-3-5-13(8-11)29(18,26)27)28-17(23)14-9-12(21(24)25)6-7-15(14)19-2/h3-10,19H,1-2H3,(H,20,22)(H2,18,26,27). The van der Waals surface area contributed by atoms with Crippen LogP contribution in [0.3, 0.4) is 0 Å². The molecule has 1 unspecified atom stereocenters. The number of carbonyl (C=O) groups excluding carboxylic acids is 2. The number of esters is 1. The predicted molar refractivity (Wildman–Crippen MR) is 104 cm³/mol. The monoisotopic (exact) mass is 422 g/mol. The van der Waals surface area contributed by atoms with E-state index in [0.29, 0.717) is 0 Å². The normalized spacial score (nSPS) is 12.0. The molecule has 2 rings (SSSR count). The van der Waals surface area contributed by atoms with Gasteiger partial charge in [0.25, 0.3) is 11.6 Å².